The lowest BCUT2D eigenvalue weighted by atomic mass is 10.0. The molecule has 0 bridgehead atoms. The van der Waals surface area contributed by atoms with Crippen LogP contribution < -0.4 is 25.2 Å². The number of urea groups is 1. The van der Waals surface area contributed by atoms with E-state index in [2.05, 4.69) is 15.6 Å². The predicted molar refractivity (Wildman–Crippen MR) is 176 cm³/mol. The fourth-order valence-electron chi connectivity index (χ4n) is 6.30. The molecule has 5 heterocycles. The van der Waals surface area contributed by atoms with Gasteiger partial charge >= 0.3 is 6.03 Å². The Morgan fingerprint density at radius 2 is 1.94 bits per heavy atom. The van der Waals surface area contributed by atoms with Crippen LogP contribution in [-0.4, -0.2) is 100 Å². The number of ether oxygens (including phenoxy) is 2. The number of amides is 3. The quantitative estimate of drug-likeness (QED) is 0.357. The highest BCUT2D eigenvalue weighted by atomic mass is 19.1. The molecule has 3 N–H and O–H groups in total. The Labute approximate surface area is 273 Å². The molecule has 0 saturated carbocycles. The molecular weight excluding hydrogens is 607 g/mol. The topological polar surface area (TPSA) is 145 Å². The minimum atomic E-state index is -0.728. The molecule has 3 aromatic rings. The number of pyridine rings is 1. The Hall–Kier alpha value is -4.56. The number of aliphatic hydroxyl groups is 1. The number of fused-ring (bicyclic) bond motifs is 1. The number of aliphatic hydroxyl groups excluding tert-OH is 1. The number of anilines is 4. The van der Waals surface area contributed by atoms with Crippen molar-refractivity contribution in [2.45, 2.75) is 64.8 Å². The summed E-state index contributed by atoms with van der Waals surface area (Å²) < 4.78 is 27.6. The second kappa shape index (κ2) is 12.9. The minimum absolute atomic E-state index is 0.0267. The number of halogens is 1. The molecule has 3 aliphatic heterocycles. The number of benzene rings is 1. The van der Waals surface area contributed by atoms with Crippen molar-refractivity contribution in [1.82, 2.24) is 19.9 Å². The molecule has 6 rings (SSSR count). The van der Waals surface area contributed by atoms with Gasteiger partial charge in [-0.2, -0.15) is 4.98 Å². The molecule has 3 aliphatic rings. The molecule has 0 radical (unpaired) electrons. The normalized spacial score (nSPS) is 22.4. The smallest absolute Gasteiger partial charge is 0.323 e. The standard InChI is InChI=1S/C33H41FN8O5/c1-6-40-18-33(4,5)47-29-27(30(40)44)28(38-31(39-29)41-11-12-46-17-20(41)3)21-7-9-25(24(34)14-21)37-32(45)36-22-8-10-26(35-15-22)42-16-23(43)13-19(42)2/h7-10,14-15,19-20,23,43H,6,11-13,16-18H2,1-5H3,(H2,36,37,45). The molecule has 14 heteroatoms. The van der Waals surface area contributed by atoms with E-state index in [0.29, 0.717) is 68.8 Å². The van der Waals surface area contributed by atoms with Crippen molar-refractivity contribution >= 4 is 35.1 Å². The summed E-state index contributed by atoms with van der Waals surface area (Å²) in [7, 11) is 0. The van der Waals surface area contributed by atoms with Crippen LogP contribution in [0, 0.1) is 5.82 Å². The zero-order valence-electron chi connectivity index (χ0n) is 27.3. The molecule has 3 amide bonds. The summed E-state index contributed by atoms with van der Waals surface area (Å²) in [6.07, 6.45) is 1.78. The zero-order valence-corrected chi connectivity index (χ0v) is 27.3. The molecule has 2 aromatic heterocycles. The monoisotopic (exact) mass is 648 g/mol. The van der Waals surface area contributed by atoms with Gasteiger partial charge in [0.1, 0.15) is 22.8 Å². The van der Waals surface area contributed by atoms with Crippen LogP contribution >= 0.6 is 0 Å². The Kier molecular flexibility index (Phi) is 8.90. The number of hydrogen-bond acceptors (Lipinski definition) is 10. The van der Waals surface area contributed by atoms with Crippen molar-refractivity contribution in [3.05, 3.63) is 47.9 Å². The maximum Gasteiger partial charge on any atom is 0.323 e. The van der Waals surface area contributed by atoms with E-state index < -0.39 is 23.6 Å². The molecule has 2 fully saturated rings. The molecular formula is C33H41FN8O5. The number of morpholine rings is 1. The summed E-state index contributed by atoms with van der Waals surface area (Å²) in [5.41, 5.74) is 0.374. The van der Waals surface area contributed by atoms with Crippen LogP contribution in [0.4, 0.5) is 32.3 Å². The maximum atomic E-state index is 15.6. The number of hydrogen-bond donors (Lipinski definition) is 3. The Bertz CT molecular complexity index is 1650. The van der Waals surface area contributed by atoms with E-state index in [4.69, 9.17) is 19.4 Å². The third kappa shape index (κ3) is 6.79. The number of nitrogens with one attached hydrogen (secondary N) is 2. The number of carbonyl (C=O) groups is 2. The van der Waals surface area contributed by atoms with Crippen LogP contribution in [0.3, 0.4) is 0 Å². The van der Waals surface area contributed by atoms with E-state index in [1.165, 1.54) is 18.3 Å². The van der Waals surface area contributed by atoms with Crippen LogP contribution in [0.1, 0.15) is 51.4 Å². The van der Waals surface area contributed by atoms with Gasteiger partial charge in [-0.1, -0.05) is 6.07 Å². The van der Waals surface area contributed by atoms with Crippen LogP contribution in [0.2, 0.25) is 0 Å². The molecule has 250 valence electrons. The van der Waals surface area contributed by atoms with Gasteiger partial charge in [-0.3, -0.25) is 4.79 Å². The largest absolute Gasteiger partial charge is 0.469 e. The highest BCUT2D eigenvalue weighted by Crippen LogP contribution is 2.37. The molecule has 0 spiro atoms. The lowest BCUT2D eigenvalue weighted by Crippen LogP contribution is -2.44. The van der Waals surface area contributed by atoms with Crippen molar-refractivity contribution < 1.29 is 28.6 Å². The van der Waals surface area contributed by atoms with Gasteiger partial charge in [0.15, 0.2) is 0 Å². The van der Waals surface area contributed by atoms with E-state index in [1.54, 1.807) is 23.1 Å². The van der Waals surface area contributed by atoms with Gasteiger partial charge < -0.3 is 39.9 Å². The van der Waals surface area contributed by atoms with Crippen molar-refractivity contribution in [2.75, 3.05) is 59.8 Å². The highest BCUT2D eigenvalue weighted by Gasteiger charge is 2.38. The number of likely N-dealkylation sites (N-methyl/N-ethyl adjacent to an activating group) is 1. The fourth-order valence-corrected chi connectivity index (χ4v) is 6.30. The van der Waals surface area contributed by atoms with Crippen molar-refractivity contribution in [3.63, 3.8) is 0 Å². The summed E-state index contributed by atoms with van der Waals surface area (Å²) in [4.78, 5) is 46.3. The molecule has 13 nitrogen and oxygen atoms in total. The summed E-state index contributed by atoms with van der Waals surface area (Å²) in [5.74, 6) is 0.189. The van der Waals surface area contributed by atoms with E-state index in [9.17, 15) is 14.7 Å². The number of aromatic nitrogens is 3. The van der Waals surface area contributed by atoms with Crippen LogP contribution in [-0.2, 0) is 4.74 Å². The van der Waals surface area contributed by atoms with E-state index >= 15 is 4.39 Å². The first-order valence-corrected chi connectivity index (χ1v) is 16.0. The molecule has 47 heavy (non-hydrogen) atoms. The first-order chi connectivity index (χ1) is 22.4. The Morgan fingerprint density at radius 1 is 1.13 bits per heavy atom. The predicted octanol–water partition coefficient (Wildman–Crippen LogP) is 4.14. The third-order valence-electron chi connectivity index (χ3n) is 8.66. The van der Waals surface area contributed by atoms with E-state index in [-0.39, 0.29) is 40.8 Å². The fraction of sp³-hybridized carbons (Fsp3) is 0.485. The first kappa shape index (κ1) is 32.4. The zero-order chi connectivity index (χ0) is 33.5. The second-order valence-electron chi connectivity index (χ2n) is 12.9. The van der Waals surface area contributed by atoms with Gasteiger partial charge in [0.05, 0.1) is 55.2 Å². The third-order valence-corrected chi connectivity index (χ3v) is 8.66. The van der Waals surface area contributed by atoms with Crippen molar-refractivity contribution in [3.8, 4) is 17.1 Å². The lowest BCUT2D eigenvalue weighted by Gasteiger charge is -2.34. The maximum absolute atomic E-state index is 15.6. The van der Waals surface area contributed by atoms with Crippen molar-refractivity contribution in [1.29, 1.82) is 0 Å². The summed E-state index contributed by atoms with van der Waals surface area (Å²) in [6.45, 7) is 12.5. The SMILES string of the molecule is CCN1CC(C)(C)Oc2nc(N3CCOCC3C)nc(-c3ccc(NC(=O)Nc4ccc(N5CC(O)CC5C)nc4)c(F)c3)c2C1=O. The van der Waals surface area contributed by atoms with Crippen LogP contribution in [0.15, 0.2) is 36.5 Å². The average Bonchev–Trinajstić information content (AvgIpc) is 3.32. The summed E-state index contributed by atoms with van der Waals surface area (Å²) in [5, 5.41) is 15.2. The molecule has 3 atom stereocenters. The van der Waals surface area contributed by atoms with Gasteiger partial charge in [-0.15, -0.1) is 0 Å². The van der Waals surface area contributed by atoms with Crippen LogP contribution in [0.5, 0.6) is 5.88 Å². The van der Waals surface area contributed by atoms with E-state index in [0.717, 1.165) is 0 Å². The van der Waals surface area contributed by atoms with Gasteiger partial charge in [-0.25, -0.2) is 19.2 Å². The minimum Gasteiger partial charge on any atom is -0.469 e. The highest BCUT2D eigenvalue weighted by molar-refractivity contribution is 6.03. The number of nitrogens with zero attached hydrogens (tertiary/aromatic N) is 6. The van der Waals surface area contributed by atoms with Gasteiger partial charge in [-0.05, 0) is 65.3 Å². The first-order valence-electron chi connectivity index (χ1n) is 16.0. The summed E-state index contributed by atoms with van der Waals surface area (Å²) >= 11 is 0. The van der Waals surface area contributed by atoms with Crippen molar-refractivity contribution in [2.24, 2.45) is 0 Å². The number of β-amino-alcohol motifs (C(OH)–C–C–N with tert-alkyl or cyclic N) is 1. The molecule has 0 aliphatic carbocycles. The van der Waals surface area contributed by atoms with Gasteiger partial charge in [0.2, 0.25) is 11.8 Å². The lowest BCUT2D eigenvalue weighted by molar-refractivity contribution is 0.0541. The summed E-state index contributed by atoms with van der Waals surface area (Å²) in [6, 6.07) is 7.22. The molecule has 1 aromatic carbocycles. The number of rotatable bonds is 6. The van der Waals surface area contributed by atoms with Gasteiger partial charge in [0.25, 0.3) is 5.91 Å². The molecule has 3 unspecified atom stereocenters. The number of carbonyl (C=O) groups excluding carboxylic acids is 2. The molecule has 2 saturated heterocycles. The Morgan fingerprint density at radius 3 is 2.60 bits per heavy atom. The van der Waals surface area contributed by atoms with Gasteiger partial charge in [0, 0.05) is 31.2 Å². The average molecular weight is 649 g/mol. The second-order valence-corrected chi connectivity index (χ2v) is 12.9. The van der Waals surface area contributed by atoms with Crippen LogP contribution in [0.25, 0.3) is 11.3 Å². The Balaban J connectivity index is 1.27. The van der Waals surface area contributed by atoms with E-state index in [1.807, 2.05) is 44.4 Å².